The molecule has 1 aromatic heterocycles. The fourth-order valence-corrected chi connectivity index (χ4v) is 1.96. The summed E-state index contributed by atoms with van der Waals surface area (Å²) in [5.74, 6) is 1.27. The second-order valence-corrected chi connectivity index (χ2v) is 4.76. The number of benzene rings is 1. The van der Waals surface area contributed by atoms with Gasteiger partial charge < -0.3 is 15.4 Å². The van der Waals surface area contributed by atoms with Crippen molar-refractivity contribution in [1.82, 2.24) is 9.97 Å². The normalized spacial score (nSPS) is 13.2. The third kappa shape index (κ3) is 2.97. The van der Waals surface area contributed by atoms with Crippen molar-refractivity contribution in [2.45, 2.75) is 26.3 Å². The summed E-state index contributed by atoms with van der Waals surface area (Å²) in [4.78, 5) is 7.63. The van der Waals surface area contributed by atoms with E-state index in [0.717, 1.165) is 23.4 Å². The molecule has 1 aromatic carbocycles. The average molecular weight is 233 g/mol. The van der Waals surface area contributed by atoms with Crippen molar-refractivity contribution in [2.24, 2.45) is 5.92 Å². The monoisotopic (exact) mass is 233 g/mol. The Labute approximate surface area is 101 Å². The maximum absolute atomic E-state index is 9.31. The predicted octanol–water partition coefficient (Wildman–Crippen LogP) is 2.38. The van der Waals surface area contributed by atoms with Crippen LogP contribution in [0.25, 0.3) is 11.0 Å². The Balaban J connectivity index is 2.11. The fourth-order valence-electron chi connectivity index (χ4n) is 1.96. The van der Waals surface area contributed by atoms with Crippen molar-refractivity contribution in [3.63, 3.8) is 0 Å². The molecule has 1 atom stereocenters. The lowest BCUT2D eigenvalue weighted by atomic mass is 10.0. The first-order valence-corrected chi connectivity index (χ1v) is 6.01. The largest absolute Gasteiger partial charge is 0.394 e. The Morgan fingerprint density at radius 3 is 2.76 bits per heavy atom. The van der Waals surface area contributed by atoms with Gasteiger partial charge in [-0.2, -0.15) is 0 Å². The first kappa shape index (κ1) is 11.9. The van der Waals surface area contributed by atoms with Gasteiger partial charge in [0, 0.05) is 0 Å². The lowest BCUT2D eigenvalue weighted by molar-refractivity contribution is 0.259. The Morgan fingerprint density at radius 2 is 2.12 bits per heavy atom. The number of aromatic nitrogens is 2. The SMILES string of the molecule is CC(C)CC(CO)Nc1nc2ccccc2[nH]1. The van der Waals surface area contributed by atoms with E-state index in [1.165, 1.54) is 0 Å². The van der Waals surface area contributed by atoms with Crippen LogP contribution in [0.15, 0.2) is 24.3 Å². The van der Waals surface area contributed by atoms with Gasteiger partial charge in [-0.15, -0.1) is 0 Å². The van der Waals surface area contributed by atoms with Crippen LogP contribution in [0.1, 0.15) is 20.3 Å². The van der Waals surface area contributed by atoms with E-state index < -0.39 is 0 Å². The zero-order valence-corrected chi connectivity index (χ0v) is 10.3. The van der Waals surface area contributed by atoms with E-state index >= 15 is 0 Å². The van der Waals surface area contributed by atoms with Crippen LogP contribution in [0.3, 0.4) is 0 Å². The lowest BCUT2D eigenvalue weighted by Crippen LogP contribution is -2.26. The quantitative estimate of drug-likeness (QED) is 0.743. The Bertz CT molecular complexity index is 445. The second kappa shape index (κ2) is 5.19. The van der Waals surface area contributed by atoms with Crippen molar-refractivity contribution < 1.29 is 5.11 Å². The van der Waals surface area contributed by atoms with Crippen molar-refractivity contribution in [2.75, 3.05) is 11.9 Å². The van der Waals surface area contributed by atoms with Crippen molar-refractivity contribution in [3.05, 3.63) is 24.3 Å². The van der Waals surface area contributed by atoms with Gasteiger partial charge in [-0.25, -0.2) is 4.98 Å². The van der Waals surface area contributed by atoms with Crippen molar-refractivity contribution in [3.8, 4) is 0 Å². The number of para-hydroxylation sites is 2. The van der Waals surface area contributed by atoms with Gasteiger partial charge in [0.1, 0.15) is 0 Å². The van der Waals surface area contributed by atoms with Crippen LogP contribution in [0.4, 0.5) is 5.95 Å². The molecule has 92 valence electrons. The van der Waals surface area contributed by atoms with Gasteiger partial charge in [-0.05, 0) is 24.5 Å². The summed E-state index contributed by atoms with van der Waals surface area (Å²) in [5, 5.41) is 12.5. The summed E-state index contributed by atoms with van der Waals surface area (Å²) in [6.07, 6.45) is 0.924. The number of hydrogen-bond acceptors (Lipinski definition) is 3. The number of anilines is 1. The highest BCUT2D eigenvalue weighted by Crippen LogP contribution is 2.15. The minimum absolute atomic E-state index is 0.0514. The first-order valence-electron chi connectivity index (χ1n) is 6.01. The summed E-state index contributed by atoms with van der Waals surface area (Å²) in [5.41, 5.74) is 1.95. The minimum Gasteiger partial charge on any atom is -0.394 e. The molecule has 4 heteroatoms. The number of aromatic amines is 1. The van der Waals surface area contributed by atoms with Crippen LogP contribution < -0.4 is 5.32 Å². The molecule has 2 aromatic rings. The van der Waals surface area contributed by atoms with Crippen LogP contribution in [0.2, 0.25) is 0 Å². The first-order chi connectivity index (χ1) is 8.19. The highest BCUT2D eigenvalue weighted by molar-refractivity contribution is 5.77. The summed E-state index contributed by atoms with van der Waals surface area (Å²) < 4.78 is 0. The van der Waals surface area contributed by atoms with Crippen LogP contribution in [0, 0.1) is 5.92 Å². The maximum atomic E-state index is 9.31. The molecule has 0 aliphatic heterocycles. The van der Waals surface area contributed by atoms with Gasteiger partial charge in [0.25, 0.3) is 0 Å². The number of nitrogens with zero attached hydrogens (tertiary/aromatic N) is 1. The molecule has 0 saturated heterocycles. The molecule has 1 unspecified atom stereocenters. The number of H-pyrrole nitrogens is 1. The van der Waals surface area contributed by atoms with Gasteiger partial charge in [0.05, 0.1) is 23.7 Å². The van der Waals surface area contributed by atoms with Gasteiger partial charge in [-0.3, -0.25) is 0 Å². The molecule has 4 nitrogen and oxygen atoms in total. The Kier molecular flexibility index (Phi) is 3.64. The van der Waals surface area contributed by atoms with E-state index in [-0.39, 0.29) is 12.6 Å². The van der Waals surface area contributed by atoms with E-state index in [1.807, 2.05) is 24.3 Å². The van der Waals surface area contributed by atoms with Crippen molar-refractivity contribution in [1.29, 1.82) is 0 Å². The van der Waals surface area contributed by atoms with Crippen LogP contribution >= 0.6 is 0 Å². The van der Waals surface area contributed by atoms with Crippen molar-refractivity contribution >= 4 is 17.0 Å². The Hall–Kier alpha value is -1.55. The number of hydrogen-bond donors (Lipinski definition) is 3. The van der Waals surface area contributed by atoms with E-state index in [4.69, 9.17) is 0 Å². The minimum atomic E-state index is 0.0514. The summed E-state index contributed by atoms with van der Waals surface area (Å²) in [6, 6.07) is 7.94. The Morgan fingerprint density at radius 1 is 1.35 bits per heavy atom. The molecular formula is C13H19N3O. The zero-order valence-electron chi connectivity index (χ0n) is 10.3. The van der Waals surface area contributed by atoms with Crippen LogP contribution in [-0.2, 0) is 0 Å². The second-order valence-electron chi connectivity index (χ2n) is 4.76. The number of fused-ring (bicyclic) bond motifs is 1. The van der Waals surface area contributed by atoms with Gasteiger partial charge in [0.2, 0.25) is 5.95 Å². The molecule has 17 heavy (non-hydrogen) atoms. The van der Waals surface area contributed by atoms with Gasteiger partial charge >= 0.3 is 0 Å². The summed E-state index contributed by atoms with van der Waals surface area (Å²) in [6.45, 7) is 4.40. The zero-order chi connectivity index (χ0) is 12.3. The molecule has 2 rings (SSSR count). The maximum Gasteiger partial charge on any atom is 0.201 e. The molecule has 0 aliphatic carbocycles. The molecule has 0 radical (unpaired) electrons. The molecule has 0 fully saturated rings. The predicted molar refractivity (Wildman–Crippen MR) is 70.0 cm³/mol. The van der Waals surface area contributed by atoms with Crippen LogP contribution in [0.5, 0.6) is 0 Å². The molecule has 3 N–H and O–H groups in total. The van der Waals surface area contributed by atoms with E-state index in [1.54, 1.807) is 0 Å². The topological polar surface area (TPSA) is 60.9 Å². The third-order valence-electron chi connectivity index (χ3n) is 2.71. The van der Waals surface area contributed by atoms with E-state index in [2.05, 4.69) is 29.1 Å². The molecule has 0 saturated carbocycles. The number of imidazole rings is 1. The lowest BCUT2D eigenvalue weighted by Gasteiger charge is -2.17. The van der Waals surface area contributed by atoms with E-state index in [9.17, 15) is 5.11 Å². The highest BCUT2D eigenvalue weighted by Gasteiger charge is 2.11. The molecule has 0 aliphatic rings. The number of rotatable bonds is 5. The number of nitrogens with one attached hydrogen (secondary N) is 2. The smallest absolute Gasteiger partial charge is 0.201 e. The summed E-state index contributed by atoms with van der Waals surface area (Å²) in [7, 11) is 0. The van der Waals surface area contributed by atoms with E-state index in [0.29, 0.717) is 5.92 Å². The molecule has 1 heterocycles. The molecule has 0 amide bonds. The average Bonchev–Trinajstić information content (AvgIpc) is 2.69. The molecule has 0 spiro atoms. The standard InChI is InChI=1S/C13H19N3O/c1-9(2)7-10(8-17)14-13-15-11-5-3-4-6-12(11)16-13/h3-6,9-10,17H,7-8H2,1-2H3,(H2,14,15,16). The highest BCUT2D eigenvalue weighted by atomic mass is 16.3. The van der Waals surface area contributed by atoms with Gasteiger partial charge in [-0.1, -0.05) is 26.0 Å². The third-order valence-corrected chi connectivity index (χ3v) is 2.71. The number of aliphatic hydroxyl groups excluding tert-OH is 1. The van der Waals surface area contributed by atoms with Crippen LogP contribution in [-0.4, -0.2) is 27.7 Å². The molecular weight excluding hydrogens is 214 g/mol. The summed E-state index contributed by atoms with van der Waals surface area (Å²) >= 11 is 0. The fraction of sp³-hybridized carbons (Fsp3) is 0.462. The number of aliphatic hydroxyl groups is 1. The van der Waals surface area contributed by atoms with Gasteiger partial charge in [0.15, 0.2) is 0 Å². The molecule has 0 bridgehead atoms.